The van der Waals surface area contributed by atoms with E-state index in [2.05, 4.69) is 34.3 Å². The molecule has 5 nitrogen and oxygen atoms in total. The molecule has 0 unspecified atom stereocenters. The molecule has 0 spiro atoms. The van der Waals surface area contributed by atoms with Crippen LogP contribution in [0.2, 0.25) is 0 Å². The van der Waals surface area contributed by atoms with Crippen molar-refractivity contribution in [1.82, 2.24) is 4.98 Å². The van der Waals surface area contributed by atoms with Gasteiger partial charge in [-0.2, -0.15) is 0 Å². The standard InChI is InChI=1S/C33H33N3O2/c1-24-17-20-36(21-18-24)30-15-9-27(10-16-30)32(37)22-25-5-11-28(12-6-25)35-29-13-7-26(8-14-29)23-33(38)31-4-2-3-19-34-31/h2-16,19,24,35H,17-18,20-23H2,1H3. The molecule has 4 aromatic rings. The van der Waals surface area contributed by atoms with Crippen LogP contribution in [0.1, 0.15) is 51.7 Å². The number of aromatic nitrogens is 1. The second-order valence-corrected chi connectivity index (χ2v) is 10.2. The molecular formula is C33H33N3O2. The number of hydrogen-bond donors (Lipinski definition) is 1. The molecule has 1 aliphatic heterocycles. The van der Waals surface area contributed by atoms with Crippen LogP contribution in [0.15, 0.2) is 97.2 Å². The number of Topliss-reactive ketones (excluding diaryl/α,β-unsaturated/α-hetero) is 2. The zero-order valence-electron chi connectivity index (χ0n) is 21.8. The van der Waals surface area contributed by atoms with Gasteiger partial charge in [0.25, 0.3) is 0 Å². The van der Waals surface area contributed by atoms with Gasteiger partial charge in [-0.1, -0.05) is 37.3 Å². The van der Waals surface area contributed by atoms with Gasteiger partial charge in [-0.05, 0) is 90.6 Å². The molecule has 1 N–H and O–H groups in total. The Morgan fingerprint density at radius 1 is 0.763 bits per heavy atom. The maximum atomic E-state index is 12.9. The van der Waals surface area contributed by atoms with Gasteiger partial charge in [0, 0.05) is 54.8 Å². The lowest BCUT2D eigenvalue weighted by atomic mass is 9.98. The predicted octanol–water partition coefficient (Wildman–Crippen LogP) is 6.91. The Balaban J connectivity index is 1.13. The van der Waals surface area contributed by atoms with E-state index in [1.807, 2.05) is 66.7 Å². The summed E-state index contributed by atoms with van der Waals surface area (Å²) in [7, 11) is 0. The Kier molecular flexibility index (Phi) is 7.93. The number of hydrogen-bond acceptors (Lipinski definition) is 5. The minimum absolute atomic E-state index is 0.00375. The smallest absolute Gasteiger partial charge is 0.185 e. The largest absolute Gasteiger partial charge is 0.372 e. The fourth-order valence-electron chi connectivity index (χ4n) is 4.79. The van der Waals surface area contributed by atoms with Gasteiger partial charge >= 0.3 is 0 Å². The molecule has 5 heteroatoms. The number of nitrogens with one attached hydrogen (secondary N) is 1. The summed E-state index contributed by atoms with van der Waals surface area (Å²) >= 11 is 0. The number of benzene rings is 3. The summed E-state index contributed by atoms with van der Waals surface area (Å²) < 4.78 is 0. The Morgan fingerprint density at radius 2 is 1.34 bits per heavy atom. The van der Waals surface area contributed by atoms with Gasteiger partial charge in [0.15, 0.2) is 11.6 Å². The van der Waals surface area contributed by atoms with Crippen LogP contribution in [0.4, 0.5) is 17.1 Å². The minimum atomic E-state index is 0.00375. The van der Waals surface area contributed by atoms with Gasteiger partial charge in [0.05, 0.1) is 0 Å². The summed E-state index contributed by atoms with van der Waals surface area (Å²) in [5, 5.41) is 3.38. The molecule has 192 valence electrons. The van der Waals surface area contributed by atoms with Crippen LogP contribution in [0.5, 0.6) is 0 Å². The van der Waals surface area contributed by atoms with Gasteiger partial charge in [-0.25, -0.2) is 0 Å². The SMILES string of the molecule is CC1CCN(c2ccc(C(=O)Cc3ccc(Nc4ccc(CC(=O)c5ccccn5)cc4)cc3)cc2)CC1. The van der Waals surface area contributed by atoms with E-state index in [0.29, 0.717) is 18.5 Å². The van der Waals surface area contributed by atoms with Crippen LogP contribution < -0.4 is 10.2 Å². The topological polar surface area (TPSA) is 62.3 Å². The van der Waals surface area contributed by atoms with Crippen molar-refractivity contribution in [3.63, 3.8) is 0 Å². The predicted molar refractivity (Wildman–Crippen MR) is 154 cm³/mol. The number of carbonyl (C=O) groups excluding carboxylic acids is 2. The van der Waals surface area contributed by atoms with Crippen LogP contribution in [0.25, 0.3) is 0 Å². The van der Waals surface area contributed by atoms with Crippen LogP contribution in [0.3, 0.4) is 0 Å². The molecule has 0 saturated carbocycles. The molecule has 0 amide bonds. The van der Waals surface area contributed by atoms with Crippen molar-refractivity contribution < 1.29 is 9.59 Å². The molecule has 0 bridgehead atoms. The van der Waals surface area contributed by atoms with E-state index >= 15 is 0 Å². The summed E-state index contributed by atoms with van der Waals surface area (Å²) in [5.74, 6) is 0.929. The second-order valence-electron chi connectivity index (χ2n) is 10.2. The van der Waals surface area contributed by atoms with Crippen LogP contribution in [-0.4, -0.2) is 29.6 Å². The van der Waals surface area contributed by atoms with Gasteiger partial charge in [-0.15, -0.1) is 0 Å². The van der Waals surface area contributed by atoms with E-state index in [9.17, 15) is 9.59 Å². The molecule has 0 radical (unpaired) electrons. The molecule has 0 aliphatic carbocycles. The number of pyridine rings is 1. The van der Waals surface area contributed by atoms with Gasteiger partial charge in [0.2, 0.25) is 0 Å². The van der Waals surface area contributed by atoms with Crippen LogP contribution >= 0.6 is 0 Å². The molecular weight excluding hydrogens is 470 g/mol. The van der Waals surface area contributed by atoms with Crippen molar-refractivity contribution in [2.24, 2.45) is 5.92 Å². The van der Waals surface area contributed by atoms with Gasteiger partial charge < -0.3 is 10.2 Å². The Labute approximate surface area is 224 Å². The van der Waals surface area contributed by atoms with Crippen LogP contribution in [-0.2, 0) is 12.8 Å². The second kappa shape index (κ2) is 11.9. The molecule has 1 aliphatic rings. The highest BCUT2D eigenvalue weighted by atomic mass is 16.1. The lowest BCUT2D eigenvalue weighted by molar-refractivity contribution is 0.0982. The number of rotatable bonds is 9. The molecule has 1 fully saturated rings. The van der Waals surface area contributed by atoms with Gasteiger partial charge in [0.1, 0.15) is 5.69 Å². The monoisotopic (exact) mass is 503 g/mol. The number of nitrogens with zero attached hydrogens (tertiary/aromatic N) is 2. The van der Waals surface area contributed by atoms with Crippen molar-refractivity contribution in [2.45, 2.75) is 32.6 Å². The molecule has 1 aromatic heterocycles. The van der Waals surface area contributed by atoms with Crippen molar-refractivity contribution in [2.75, 3.05) is 23.3 Å². The van der Waals surface area contributed by atoms with E-state index < -0.39 is 0 Å². The lowest BCUT2D eigenvalue weighted by Gasteiger charge is -2.32. The highest BCUT2D eigenvalue weighted by Crippen LogP contribution is 2.24. The lowest BCUT2D eigenvalue weighted by Crippen LogP contribution is -2.32. The summed E-state index contributed by atoms with van der Waals surface area (Å²) in [6, 6.07) is 29.2. The molecule has 1 saturated heterocycles. The highest BCUT2D eigenvalue weighted by molar-refractivity contribution is 5.98. The van der Waals surface area contributed by atoms with Gasteiger partial charge in [-0.3, -0.25) is 14.6 Å². The quantitative estimate of drug-likeness (QED) is 0.251. The van der Waals surface area contributed by atoms with Crippen molar-refractivity contribution in [3.05, 3.63) is 120 Å². The highest BCUT2D eigenvalue weighted by Gasteiger charge is 2.16. The molecule has 38 heavy (non-hydrogen) atoms. The Hall–Kier alpha value is -4.25. The first-order chi connectivity index (χ1) is 18.5. The fourth-order valence-corrected chi connectivity index (χ4v) is 4.79. The zero-order chi connectivity index (χ0) is 26.3. The zero-order valence-corrected chi connectivity index (χ0v) is 21.8. The Morgan fingerprint density at radius 3 is 1.89 bits per heavy atom. The molecule has 2 heterocycles. The number of piperidine rings is 1. The average molecular weight is 504 g/mol. The third kappa shape index (κ3) is 6.54. The maximum absolute atomic E-state index is 12.9. The van der Waals surface area contributed by atoms with E-state index in [-0.39, 0.29) is 11.6 Å². The van der Waals surface area contributed by atoms with E-state index in [1.165, 1.54) is 18.5 Å². The average Bonchev–Trinajstić information content (AvgIpc) is 2.96. The van der Waals surface area contributed by atoms with Crippen molar-refractivity contribution in [1.29, 1.82) is 0 Å². The number of anilines is 3. The summed E-state index contributed by atoms with van der Waals surface area (Å²) in [6.07, 6.45) is 4.78. The van der Waals surface area contributed by atoms with Crippen molar-refractivity contribution in [3.8, 4) is 0 Å². The summed E-state index contributed by atoms with van der Waals surface area (Å²) in [4.78, 5) is 31.8. The van der Waals surface area contributed by atoms with Crippen LogP contribution in [0, 0.1) is 5.92 Å². The summed E-state index contributed by atoms with van der Waals surface area (Å²) in [6.45, 7) is 4.49. The Bertz CT molecular complexity index is 1360. The maximum Gasteiger partial charge on any atom is 0.185 e. The minimum Gasteiger partial charge on any atom is -0.372 e. The first-order valence-corrected chi connectivity index (χ1v) is 13.3. The van der Waals surface area contributed by atoms with E-state index in [0.717, 1.165) is 47.1 Å². The first kappa shape index (κ1) is 25.4. The van der Waals surface area contributed by atoms with Crippen molar-refractivity contribution >= 4 is 28.6 Å². The number of carbonyl (C=O) groups is 2. The molecule has 0 atom stereocenters. The fraction of sp³-hybridized carbons (Fsp3) is 0.242. The molecule has 5 rings (SSSR count). The van der Waals surface area contributed by atoms with E-state index in [4.69, 9.17) is 0 Å². The normalized spacial score (nSPS) is 13.8. The number of ketones is 2. The first-order valence-electron chi connectivity index (χ1n) is 13.3. The third-order valence-electron chi connectivity index (χ3n) is 7.21. The third-order valence-corrected chi connectivity index (χ3v) is 7.21. The van der Waals surface area contributed by atoms with E-state index in [1.54, 1.807) is 18.3 Å². The molecule has 3 aromatic carbocycles. The summed E-state index contributed by atoms with van der Waals surface area (Å²) in [5.41, 5.74) is 6.25.